The molecule has 2 atom stereocenters. The van der Waals surface area contributed by atoms with Crippen molar-refractivity contribution in [3.8, 4) is 0 Å². The summed E-state index contributed by atoms with van der Waals surface area (Å²) in [5.41, 5.74) is 0. The van der Waals surface area contributed by atoms with Gasteiger partial charge < -0.3 is 4.74 Å². The molecule has 1 aliphatic heterocycles. The minimum absolute atomic E-state index is 0.0426. The lowest BCUT2D eigenvalue weighted by atomic mass is 10.1. The molecule has 100 valence electrons. The Morgan fingerprint density at radius 2 is 2.28 bits per heavy atom. The average molecular weight is 290 g/mol. The van der Waals surface area contributed by atoms with Gasteiger partial charge in [0, 0.05) is 17.7 Å². The molecule has 1 aromatic carbocycles. The molecule has 0 spiro atoms. The van der Waals surface area contributed by atoms with Crippen LogP contribution in [0.25, 0.3) is 0 Å². The molecule has 0 aromatic heterocycles. The van der Waals surface area contributed by atoms with Gasteiger partial charge >= 0.3 is 0 Å². The number of halogens is 1. The number of sulfonamides is 1. The molecule has 2 rings (SSSR count). The maximum Gasteiger partial charge on any atom is 0.240 e. The number of benzene rings is 1. The van der Waals surface area contributed by atoms with Crippen molar-refractivity contribution in [2.24, 2.45) is 0 Å². The first-order valence-corrected chi connectivity index (χ1v) is 7.75. The highest BCUT2D eigenvalue weighted by Crippen LogP contribution is 2.19. The number of nitrogens with one attached hydrogen (secondary N) is 1. The van der Waals surface area contributed by atoms with Gasteiger partial charge in [-0.25, -0.2) is 13.1 Å². The fourth-order valence-corrected chi connectivity index (χ4v) is 3.59. The van der Waals surface area contributed by atoms with Crippen LogP contribution in [0.1, 0.15) is 19.8 Å². The van der Waals surface area contributed by atoms with Gasteiger partial charge in [-0.2, -0.15) is 0 Å². The van der Waals surface area contributed by atoms with Crippen LogP contribution < -0.4 is 4.72 Å². The van der Waals surface area contributed by atoms with Gasteiger partial charge in [0.05, 0.1) is 11.0 Å². The van der Waals surface area contributed by atoms with E-state index in [1.54, 1.807) is 12.1 Å². The standard InChI is InChI=1S/C12H16ClNO3S/c1-9(12-6-3-7-17-12)14-18(15,16)11-5-2-4-10(13)8-11/h2,4-5,8-9,12,14H,3,6-7H2,1H3. The van der Waals surface area contributed by atoms with Crippen molar-refractivity contribution in [3.63, 3.8) is 0 Å². The van der Waals surface area contributed by atoms with Gasteiger partial charge in [-0.05, 0) is 38.0 Å². The van der Waals surface area contributed by atoms with Crippen LogP contribution in [-0.4, -0.2) is 27.2 Å². The molecular formula is C12H16ClNO3S. The molecule has 1 heterocycles. The summed E-state index contributed by atoms with van der Waals surface area (Å²) in [5, 5.41) is 0.405. The van der Waals surface area contributed by atoms with Crippen molar-refractivity contribution in [2.75, 3.05) is 6.61 Å². The van der Waals surface area contributed by atoms with E-state index in [4.69, 9.17) is 16.3 Å². The van der Waals surface area contributed by atoms with Gasteiger partial charge in [0.25, 0.3) is 0 Å². The fourth-order valence-electron chi connectivity index (χ4n) is 2.02. The summed E-state index contributed by atoms with van der Waals surface area (Å²) < 4.78 is 32.3. The van der Waals surface area contributed by atoms with E-state index >= 15 is 0 Å². The molecule has 0 aliphatic carbocycles. The van der Waals surface area contributed by atoms with Crippen LogP contribution in [0, 0.1) is 0 Å². The van der Waals surface area contributed by atoms with Crippen molar-refractivity contribution >= 4 is 21.6 Å². The van der Waals surface area contributed by atoms with E-state index < -0.39 is 10.0 Å². The molecule has 1 aliphatic rings. The first-order chi connectivity index (χ1) is 8.49. The number of rotatable bonds is 4. The Morgan fingerprint density at radius 1 is 1.50 bits per heavy atom. The number of hydrogen-bond acceptors (Lipinski definition) is 3. The molecule has 1 aromatic rings. The summed E-state index contributed by atoms with van der Waals surface area (Å²) in [6.07, 6.45) is 1.83. The zero-order chi connectivity index (χ0) is 13.2. The third-order valence-corrected chi connectivity index (χ3v) is 4.76. The van der Waals surface area contributed by atoms with Gasteiger partial charge in [0.15, 0.2) is 0 Å². The Bertz CT molecular complexity index is 512. The van der Waals surface area contributed by atoms with Crippen molar-refractivity contribution in [3.05, 3.63) is 29.3 Å². The van der Waals surface area contributed by atoms with E-state index in [-0.39, 0.29) is 17.0 Å². The Balaban J connectivity index is 2.11. The first-order valence-electron chi connectivity index (χ1n) is 5.88. The van der Waals surface area contributed by atoms with Gasteiger partial charge in [-0.3, -0.25) is 0 Å². The molecule has 18 heavy (non-hydrogen) atoms. The lowest BCUT2D eigenvalue weighted by Gasteiger charge is -2.19. The second-order valence-electron chi connectivity index (χ2n) is 4.42. The summed E-state index contributed by atoms with van der Waals surface area (Å²) in [6.45, 7) is 2.52. The van der Waals surface area contributed by atoms with Crippen LogP contribution in [0.3, 0.4) is 0 Å². The monoisotopic (exact) mass is 289 g/mol. The third kappa shape index (κ3) is 3.23. The molecule has 0 saturated carbocycles. The molecular weight excluding hydrogens is 274 g/mol. The summed E-state index contributed by atoms with van der Waals surface area (Å²) in [6, 6.07) is 5.98. The van der Waals surface area contributed by atoms with E-state index in [0.717, 1.165) is 12.8 Å². The molecule has 4 nitrogen and oxygen atoms in total. The van der Waals surface area contributed by atoms with Crippen LogP contribution in [0.5, 0.6) is 0 Å². The zero-order valence-electron chi connectivity index (χ0n) is 10.1. The van der Waals surface area contributed by atoms with E-state index in [9.17, 15) is 8.42 Å². The normalized spacial score (nSPS) is 22.0. The zero-order valence-corrected chi connectivity index (χ0v) is 11.7. The molecule has 0 bridgehead atoms. The predicted octanol–water partition coefficient (Wildman–Crippen LogP) is 2.19. The second-order valence-corrected chi connectivity index (χ2v) is 6.57. The lowest BCUT2D eigenvalue weighted by Crippen LogP contribution is -2.40. The topological polar surface area (TPSA) is 55.4 Å². The number of hydrogen-bond donors (Lipinski definition) is 1. The van der Waals surface area contributed by atoms with Crippen molar-refractivity contribution in [2.45, 2.75) is 36.8 Å². The van der Waals surface area contributed by atoms with Crippen LogP contribution in [0.15, 0.2) is 29.2 Å². The highest BCUT2D eigenvalue weighted by molar-refractivity contribution is 7.89. The van der Waals surface area contributed by atoms with E-state index in [1.807, 2.05) is 6.92 Å². The molecule has 2 unspecified atom stereocenters. The summed E-state index contributed by atoms with van der Waals surface area (Å²) in [7, 11) is -3.53. The fraction of sp³-hybridized carbons (Fsp3) is 0.500. The largest absolute Gasteiger partial charge is 0.377 e. The molecule has 0 amide bonds. The summed E-state index contributed by atoms with van der Waals surface area (Å²) in [4.78, 5) is 0.180. The SMILES string of the molecule is CC(NS(=O)(=O)c1cccc(Cl)c1)C1CCCO1. The van der Waals surface area contributed by atoms with Crippen LogP contribution >= 0.6 is 11.6 Å². The minimum Gasteiger partial charge on any atom is -0.377 e. The Labute approximate surface area is 112 Å². The average Bonchev–Trinajstić information content (AvgIpc) is 2.82. The van der Waals surface area contributed by atoms with Crippen LogP contribution in [-0.2, 0) is 14.8 Å². The maximum absolute atomic E-state index is 12.1. The van der Waals surface area contributed by atoms with E-state index in [2.05, 4.69) is 4.72 Å². The second kappa shape index (κ2) is 5.57. The van der Waals surface area contributed by atoms with E-state index in [1.165, 1.54) is 12.1 Å². The molecule has 1 saturated heterocycles. The maximum atomic E-state index is 12.1. The number of ether oxygens (including phenoxy) is 1. The Kier molecular flexibility index (Phi) is 4.27. The molecule has 0 radical (unpaired) electrons. The van der Waals surface area contributed by atoms with Gasteiger partial charge in [0.1, 0.15) is 0 Å². The van der Waals surface area contributed by atoms with Crippen LogP contribution in [0.2, 0.25) is 5.02 Å². The van der Waals surface area contributed by atoms with Gasteiger partial charge in [-0.15, -0.1) is 0 Å². The quantitative estimate of drug-likeness (QED) is 0.924. The minimum atomic E-state index is -3.53. The van der Waals surface area contributed by atoms with Gasteiger partial charge in [-0.1, -0.05) is 17.7 Å². The lowest BCUT2D eigenvalue weighted by molar-refractivity contribution is 0.0902. The van der Waals surface area contributed by atoms with E-state index in [0.29, 0.717) is 11.6 Å². The Morgan fingerprint density at radius 3 is 2.89 bits per heavy atom. The van der Waals surface area contributed by atoms with Crippen molar-refractivity contribution < 1.29 is 13.2 Å². The van der Waals surface area contributed by atoms with Crippen LogP contribution in [0.4, 0.5) is 0 Å². The molecule has 6 heteroatoms. The summed E-state index contributed by atoms with van der Waals surface area (Å²) in [5.74, 6) is 0. The predicted molar refractivity (Wildman–Crippen MR) is 70.2 cm³/mol. The van der Waals surface area contributed by atoms with Crippen molar-refractivity contribution in [1.82, 2.24) is 4.72 Å². The first kappa shape index (κ1) is 13.8. The Hall–Kier alpha value is -0.620. The van der Waals surface area contributed by atoms with Gasteiger partial charge in [0.2, 0.25) is 10.0 Å². The van der Waals surface area contributed by atoms with Crippen molar-refractivity contribution in [1.29, 1.82) is 0 Å². The third-order valence-electron chi connectivity index (χ3n) is 2.97. The highest BCUT2D eigenvalue weighted by Gasteiger charge is 2.26. The smallest absolute Gasteiger partial charge is 0.240 e. The molecule has 1 fully saturated rings. The summed E-state index contributed by atoms with van der Waals surface area (Å²) >= 11 is 5.80. The molecule has 1 N–H and O–H groups in total. The highest BCUT2D eigenvalue weighted by atomic mass is 35.5.